The van der Waals surface area contributed by atoms with E-state index in [1.54, 1.807) is 30.4 Å². The third-order valence-corrected chi connectivity index (χ3v) is 30.3. The molecule has 15 nitrogen and oxygen atoms in total. The Balaban J connectivity index is 0.769. The topological polar surface area (TPSA) is 256 Å². The normalized spacial score (nSPS) is 43.6. The maximum Gasteiger partial charge on any atom is 0.229 e. The second-order valence-corrected chi connectivity index (χ2v) is 34.4. The molecular weight excluding hydrogens is 1210 g/mol. The summed E-state index contributed by atoms with van der Waals surface area (Å²) >= 11 is 0. The van der Waals surface area contributed by atoms with Gasteiger partial charge < -0.3 is 65.8 Å². The lowest BCUT2D eigenvalue weighted by Gasteiger charge is -2.65. The number of aromatic hydroxyl groups is 1. The van der Waals surface area contributed by atoms with Crippen molar-refractivity contribution in [3.05, 3.63) is 141 Å². The lowest BCUT2D eigenvalue weighted by atomic mass is 9.46. The Hall–Kier alpha value is -5.39. The number of carbonyl (C=O) groups excluding carboxylic acids is 3. The van der Waals surface area contributed by atoms with E-state index < -0.39 is 81.2 Å². The summed E-state index contributed by atoms with van der Waals surface area (Å²) in [6.07, 6.45) is 17.4. The highest BCUT2D eigenvalue weighted by molar-refractivity contribution is 8.76. The van der Waals surface area contributed by atoms with Crippen LogP contribution < -0.4 is 15.4 Å². The Morgan fingerprint density at radius 3 is 2.52 bits per heavy atom. The van der Waals surface area contributed by atoms with Crippen LogP contribution in [0.2, 0.25) is 0 Å². The van der Waals surface area contributed by atoms with Gasteiger partial charge in [0.25, 0.3) is 0 Å². The Kier molecular flexibility index (Phi) is 14.4. The molecule has 3 aromatic rings. The minimum Gasteiger partial charge on any atom is -0.511 e. The maximum absolute atomic E-state index is 16.3. The first-order valence-corrected chi connectivity index (χ1v) is 36.9. The van der Waals surface area contributed by atoms with Gasteiger partial charge in [0.15, 0.2) is 11.6 Å². The van der Waals surface area contributed by atoms with E-state index in [1.165, 1.54) is 58.8 Å². The van der Waals surface area contributed by atoms with Crippen LogP contribution in [-0.2, 0) is 29.0 Å². The van der Waals surface area contributed by atoms with Crippen molar-refractivity contribution < 1.29 is 64.7 Å². The molecule has 18 rings (SSSR count). The van der Waals surface area contributed by atoms with Crippen LogP contribution in [0.3, 0.4) is 0 Å². The number of nitrogens with one attached hydrogen (secondary N) is 2. The number of aliphatic hydroxyl groups is 7. The largest absolute Gasteiger partial charge is 0.511 e. The lowest BCUT2D eigenvalue weighted by Crippen LogP contribution is -2.81. The van der Waals surface area contributed by atoms with Crippen molar-refractivity contribution in [1.82, 2.24) is 10.6 Å². The molecule has 93 heavy (non-hydrogen) atoms. The molecule has 13 bridgehead atoms. The van der Waals surface area contributed by atoms with Crippen molar-refractivity contribution in [2.24, 2.45) is 79.8 Å². The van der Waals surface area contributed by atoms with Gasteiger partial charge in [-0.2, -0.15) is 0 Å². The van der Waals surface area contributed by atoms with Crippen molar-refractivity contribution in [3.63, 3.8) is 0 Å². The number of Topliss-reactive ketones (excluding diaryl/α,β-unsaturated/α-hetero) is 2. The molecule has 15 aliphatic rings. The second kappa shape index (κ2) is 21.8. The van der Waals surface area contributed by atoms with Crippen LogP contribution in [-0.4, -0.2) is 119 Å². The van der Waals surface area contributed by atoms with Crippen molar-refractivity contribution in [2.75, 3.05) is 25.6 Å². The predicted octanol–water partition coefficient (Wildman–Crippen LogP) is 9.64. The van der Waals surface area contributed by atoms with Crippen LogP contribution >= 0.6 is 21.6 Å². The van der Waals surface area contributed by atoms with E-state index in [9.17, 15) is 45.6 Å². The number of ether oxygens (including phenoxy) is 2. The van der Waals surface area contributed by atoms with E-state index in [0.717, 1.165) is 98.7 Å². The average molecular weight is 1300 g/mol. The molecule has 10 N–H and O–H groups in total. The highest BCUT2D eigenvalue weighted by atomic mass is 33.1. The molecule has 0 amide bonds. The van der Waals surface area contributed by atoms with Gasteiger partial charge in [-0.15, -0.1) is 0 Å². The highest BCUT2D eigenvalue weighted by Gasteiger charge is 2.80. The summed E-state index contributed by atoms with van der Waals surface area (Å²) in [7, 11) is 2.83. The molecule has 3 heterocycles. The maximum atomic E-state index is 16.3. The minimum absolute atomic E-state index is 0.0370. The van der Waals surface area contributed by atoms with E-state index in [4.69, 9.17) is 9.47 Å². The molecule has 0 radical (unpaired) electrons. The molecule has 490 valence electrons. The molecule has 17 heteroatoms. The van der Waals surface area contributed by atoms with Gasteiger partial charge in [0.05, 0.1) is 42.0 Å². The van der Waals surface area contributed by atoms with Crippen LogP contribution in [0.25, 0.3) is 0 Å². The summed E-state index contributed by atoms with van der Waals surface area (Å²) in [5.41, 5.74) is -0.984. The van der Waals surface area contributed by atoms with Gasteiger partial charge in [0.2, 0.25) is 6.29 Å². The summed E-state index contributed by atoms with van der Waals surface area (Å²) in [4.78, 5) is 46.4. The van der Waals surface area contributed by atoms with Gasteiger partial charge in [-0.05, 0) is 231 Å². The fraction of sp³-hybridized carbons (Fsp3) is 0.592. The van der Waals surface area contributed by atoms with E-state index in [0.29, 0.717) is 54.7 Å². The zero-order valence-electron chi connectivity index (χ0n) is 52.6. The Morgan fingerprint density at radius 1 is 0.849 bits per heavy atom. The SMILES string of the molecule is O=C[C@H]1C[C@]2(CC[C@]3(C[C@H]4Cc5cccc(O)c5C#CC[C@@H]5CC[C@@]3(C5)C4)C2)C[C@@]12C[C@H]1C[C@H]3C[C@@H]4C[C@]5(CO)O[C@H]6Oc7cccc8c7C(=O)[C@@]7(C(O)=CC(Cc9cccc(CO)c9)=C[C@@H]7C8=O)[C@H](CCCO)SSCNC7=CC(=C3CN7)[C@@]1(C2)[C@H]4[C@](O)([C@@H]5O)[C@H]6O. The Labute approximate surface area is 551 Å². The molecule has 6 spiro atoms. The summed E-state index contributed by atoms with van der Waals surface area (Å²) in [5.74, 6) is 5.09. The number of aliphatic hydroxyl groups excluding tert-OH is 6. The second-order valence-electron chi connectivity index (χ2n) is 31.8. The van der Waals surface area contributed by atoms with Crippen LogP contribution in [0.15, 0.2) is 107 Å². The first kappa shape index (κ1) is 61.2. The standard InChI is InChI=1S/C76H86N2O13S2/c79-19-5-14-60-75-56(23-45(24-59(75)84)21-43-7-1-8-44(20-43)35-80)63(85)53-11-4-13-58(62(53)65(75)86)90-67-66(87)76(89)64-49(31-73(40-82,91-67)68(76)88)25-48-26-50-33-70(39-74(50,64)55-27-61(77-34-54(48)55)78-41-92-93-60)37-69(32-51(70)36-81)17-18-72(38-69)30-46-22-47-9-3-12-57(83)52(47)10-2-6-42-15-16-71(72,28-42)29-46/h1,3-4,7-9,11-13,20,23-24,27,36,42,46,48-51,56,60,64,66-68,77-80,82-84,87-89H,5-6,14-19,21-22,25-26,28-35,37-41H2/t42-,46+,48-,49-,50-,51-,56-,60+,64+,66+,67-,68-,69-,70-,71-,72+,73-,74+,75+,76-/m1/s1. The zero-order chi connectivity index (χ0) is 63.8. The lowest BCUT2D eigenvalue weighted by molar-refractivity contribution is -0.392. The van der Waals surface area contributed by atoms with Crippen molar-refractivity contribution in [1.29, 1.82) is 0 Å². The molecule has 8 fully saturated rings. The molecule has 20 atom stereocenters. The van der Waals surface area contributed by atoms with Crippen molar-refractivity contribution in [2.45, 2.75) is 170 Å². The average Bonchev–Trinajstić information content (AvgIpc) is 1.60. The third kappa shape index (κ3) is 8.59. The number of benzene rings is 3. The number of dihydropyridines is 1. The van der Waals surface area contributed by atoms with E-state index in [-0.39, 0.29) is 101 Å². The number of aldehydes is 1. The molecular formula is C76H86N2O13S2. The molecule has 0 aromatic heterocycles. The van der Waals surface area contributed by atoms with E-state index >= 15 is 9.59 Å². The molecule has 7 saturated carbocycles. The fourth-order valence-corrected chi connectivity index (χ4v) is 27.4. The van der Waals surface area contributed by atoms with Crippen LogP contribution in [0.5, 0.6) is 11.5 Å². The van der Waals surface area contributed by atoms with Crippen molar-refractivity contribution >= 4 is 39.4 Å². The summed E-state index contributed by atoms with van der Waals surface area (Å²) in [5, 5.41) is 104. The number of fused-ring (bicyclic) bond motifs is 5. The monoisotopic (exact) mass is 1300 g/mol. The summed E-state index contributed by atoms with van der Waals surface area (Å²) in [6, 6.07) is 18.0. The smallest absolute Gasteiger partial charge is 0.229 e. The Bertz CT molecular complexity index is 3870. The van der Waals surface area contributed by atoms with Gasteiger partial charge in [-0.3, -0.25) is 9.59 Å². The van der Waals surface area contributed by atoms with E-state index in [1.807, 2.05) is 30.3 Å². The number of phenols is 1. The predicted molar refractivity (Wildman–Crippen MR) is 350 cm³/mol. The fourth-order valence-electron chi connectivity index (χ4n) is 24.6. The number of ketones is 2. The van der Waals surface area contributed by atoms with Crippen LogP contribution in [0, 0.1) is 91.7 Å². The Morgan fingerprint density at radius 2 is 1.68 bits per heavy atom. The first-order chi connectivity index (χ1) is 44.9. The number of hydrogen-bond donors (Lipinski definition) is 10. The molecule has 3 aliphatic heterocycles. The summed E-state index contributed by atoms with van der Waals surface area (Å²) in [6.45, 7) is -0.596. The number of carbonyl (C=O) groups is 3. The van der Waals surface area contributed by atoms with Gasteiger partial charge in [0.1, 0.15) is 52.4 Å². The summed E-state index contributed by atoms with van der Waals surface area (Å²) < 4.78 is 13.8. The number of allylic oxidation sites excluding steroid dienone is 6. The van der Waals surface area contributed by atoms with Crippen LogP contribution in [0.1, 0.15) is 159 Å². The van der Waals surface area contributed by atoms with Gasteiger partial charge >= 0.3 is 0 Å². The molecule has 0 unspecified atom stereocenters. The highest BCUT2D eigenvalue weighted by Crippen LogP contribution is 2.82. The number of phenolic OH excluding ortho intramolecular Hbond substituents is 1. The first-order valence-electron chi connectivity index (χ1n) is 34.6. The zero-order valence-corrected chi connectivity index (χ0v) is 54.3. The van der Waals surface area contributed by atoms with Crippen molar-refractivity contribution in [3.8, 4) is 23.3 Å². The number of rotatable bonds is 8. The number of hydrogen-bond acceptors (Lipinski definition) is 17. The molecule has 1 saturated heterocycles. The van der Waals surface area contributed by atoms with E-state index in [2.05, 4.69) is 34.6 Å². The quantitative estimate of drug-likeness (QED) is 0.0572. The molecule has 12 aliphatic carbocycles. The van der Waals surface area contributed by atoms with Crippen LogP contribution in [0.4, 0.5) is 0 Å². The third-order valence-electron chi connectivity index (χ3n) is 27.6. The minimum atomic E-state index is -2.39. The van der Waals surface area contributed by atoms with Gasteiger partial charge in [-0.25, -0.2) is 0 Å². The molecule has 3 aromatic carbocycles. The van der Waals surface area contributed by atoms with Gasteiger partial charge in [0, 0.05) is 47.6 Å². The van der Waals surface area contributed by atoms with Gasteiger partial charge in [-0.1, -0.05) is 88.0 Å².